The average Bonchev–Trinajstić information content (AvgIpc) is 3.42. The molecule has 0 aromatic rings. The average molecular weight is 1070 g/mol. The molecule has 452 valence electrons. The van der Waals surface area contributed by atoms with Gasteiger partial charge in [-0.2, -0.15) is 0 Å². The van der Waals surface area contributed by atoms with Gasteiger partial charge in [-0.15, -0.1) is 0 Å². The highest BCUT2D eigenvalue weighted by molar-refractivity contribution is 5.76. The minimum Gasteiger partial charge on any atom is -0.466 e. The van der Waals surface area contributed by atoms with Crippen molar-refractivity contribution in [2.45, 2.75) is 411 Å². The molecule has 1 amide bonds. The molecule has 2 atom stereocenters. The van der Waals surface area contributed by atoms with Crippen LogP contribution < -0.4 is 5.32 Å². The van der Waals surface area contributed by atoms with E-state index in [1.54, 1.807) is 6.08 Å². The van der Waals surface area contributed by atoms with Gasteiger partial charge in [0.05, 0.1) is 25.4 Å². The van der Waals surface area contributed by atoms with Crippen LogP contribution in [0.2, 0.25) is 0 Å². The molecule has 6 heteroatoms. The van der Waals surface area contributed by atoms with Crippen molar-refractivity contribution >= 4 is 11.9 Å². The third-order valence-corrected chi connectivity index (χ3v) is 16.6. The van der Waals surface area contributed by atoms with Crippen molar-refractivity contribution in [2.24, 2.45) is 0 Å². The Labute approximate surface area is 476 Å². The van der Waals surface area contributed by atoms with E-state index in [0.29, 0.717) is 19.4 Å². The molecule has 2 unspecified atom stereocenters. The zero-order valence-electron chi connectivity index (χ0n) is 51.8. The Morgan fingerprint density at radius 1 is 0.355 bits per heavy atom. The van der Waals surface area contributed by atoms with E-state index in [9.17, 15) is 19.8 Å². The van der Waals surface area contributed by atoms with Crippen LogP contribution in [0.5, 0.6) is 0 Å². The van der Waals surface area contributed by atoms with Crippen LogP contribution in [0.4, 0.5) is 0 Å². The monoisotopic (exact) mass is 1070 g/mol. The zero-order valence-corrected chi connectivity index (χ0v) is 51.8. The molecule has 3 N–H and O–H groups in total. The molecule has 0 saturated carbocycles. The Kier molecular flexibility index (Phi) is 64.9. The van der Waals surface area contributed by atoms with Gasteiger partial charge in [-0.1, -0.05) is 366 Å². The summed E-state index contributed by atoms with van der Waals surface area (Å²) in [4.78, 5) is 24.6. The number of ether oxygens (including phenoxy) is 1. The number of hydrogen-bond acceptors (Lipinski definition) is 5. The lowest BCUT2D eigenvalue weighted by atomic mass is 10.0. The van der Waals surface area contributed by atoms with Gasteiger partial charge in [0.15, 0.2) is 0 Å². The number of unbranched alkanes of at least 4 members (excludes halogenated alkanes) is 55. The summed E-state index contributed by atoms with van der Waals surface area (Å²) in [6, 6.07) is -0.625. The van der Waals surface area contributed by atoms with Gasteiger partial charge >= 0.3 is 5.97 Å². The Hall–Kier alpha value is -1.40. The van der Waals surface area contributed by atoms with Gasteiger partial charge in [0.25, 0.3) is 0 Å². The fourth-order valence-electron chi connectivity index (χ4n) is 11.2. The van der Waals surface area contributed by atoms with E-state index in [-0.39, 0.29) is 18.5 Å². The molecule has 0 saturated heterocycles. The van der Waals surface area contributed by atoms with Crippen molar-refractivity contribution < 1.29 is 24.5 Å². The summed E-state index contributed by atoms with van der Waals surface area (Å²) in [6.45, 7) is 4.95. The van der Waals surface area contributed by atoms with Crippen molar-refractivity contribution in [1.29, 1.82) is 0 Å². The SMILES string of the molecule is CCCCCCCCCCCCCCCCCCC/C=C/C(O)C(CO)NC(=O)CCCCCCCCCCCCCCCCCCCCCCCCCCCCCOC(=O)CCCCCCCCCCCCCCC. The van der Waals surface area contributed by atoms with Crippen molar-refractivity contribution in [2.75, 3.05) is 13.2 Å². The van der Waals surface area contributed by atoms with Gasteiger partial charge in [0.2, 0.25) is 5.91 Å². The molecule has 0 aliphatic heterocycles. The topological polar surface area (TPSA) is 95.9 Å². The molecule has 0 fully saturated rings. The van der Waals surface area contributed by atoms with Crippen LogP contribution in [-0.2, 0) is 14.3 Å². The van der Waals surface area contributed by atoms with Gasteiger partial charge in [-0.05, 0) is 32.1 Å². The van der Waals surface area contributed by atoms with Crippen molar-refractivity contribution in [3.8, 4) is 0 Å². The van der Waals surface area contributed by atoms with Crippen LogP contribution in [0.3, 0.4) is 0 Å². The number of hydrogen-bond donors (Lipinski definition) is 3. The summed E-state index contributed by atoms with van der Waals surface area (Å²) in [6.07, 6.45) is 81.4. The Morgan fingerprint density at radius 3 is 0.895 bits per heavy atom. The summed E-state index contributed by atoms with van der Waals surface area (Å²) < 4.78 is 5.49. The molecule has 0 rings (SSSR count). The lowest BCUT2D eigenvalue weighted by molar-refractivity contribution is -0.143. The van der Waals surface area contributed by atoms with Gasteiger partial charge in [-0.25, -0.2) is 0 Å². The van der Waals surface area contributed by atoms with Gasteiger partial charge in [-0.3, -0.25) is 9.59 Å². The summed E-state index contributed by atoms with van der Waals surface area (Å²) >= 11 is 0. The third-order valence-electron chi connectivity index (χ3n) is 16.6. The van der Waals surface area contributed by atoms with Crippen LogP contribution in [-0.4, -0.2) is 47.4 Å². The number of aliphatic hydroxyl groups excluding tert-OH is 2. The lowest BCUT2D eigenvalue weighted by Crippen LogP contribution is -2.45. The number of amides is 1. The van der Waals surface area contributed by atoms with E-state index in [4.69, 9.17) is 4.74 Å². The number of carbonyl (C=O) groups is 2. The highest BCUT2D eigenvalue weighted by Gasteiger charge is 2.18. The van der Waals surface area contributed by atoms with E-state index >= 15 is 0 Å². The number of aliphatic hydroxyl groups is 2. The second kappa shape index (κ2) is 66.1. The van der Waals surface area contributed by atoms with E-state index in [2.05, 4.69) is 19.2 Å². The van der Waals surface area contributed by atoms with Gasteiger partial charge in [0.1, 0.15) is 0 Å². The highest BCUT2D eigenvalue weighted by Crippen LogP contribution is 2.19. The normalized spacial score (nSPS) is 12.5. The predicted molar refractivity (Wildman–Crippen MR) is 333 cm³/mol. The zero-order chi connectivity index (χ0) is 55.0. The fraction of sp³-hybridized carbons (Fsp3) is 0.943. The fourth-order valence-corrected chi connectivity index (χ4v) is 11.2. The largest absolute Gasteiger partial charge is 0.466 e. The first kappa shape index (κ1) is 74.6. The van der Waals surface area contributed by atoms with Crippen LogP contribution in [0, 0.1) is 0 Å². The van der Waals surface area contributed by atoms with Crippen molar-refractivity contribution in [3.63, 3.8) is 0 Å². The molecular weight excluding hydrogens is 935 g/mol. The van der Waals surface area contributed by atoms with E-state index in [1.807, 2.05) is 6.08 Å². The lowest BCUT2D eigenvalue weighted by Gasteiger charge is -2.20. The van der Waals surface area contributed by atoms with Gasteiger partial charge < -0.3 is 20.3 Å². The molecule has 0 radical (unpaired) electrons. The Balaban J connectivity index is 3.36. The second-order valence-corrected chi connectivity index (χ2v) is 24.2. The first-order valence-electron chi connectivity index (χ1n) is 35.0. The van der Waals surface area contributed by atoms with Crippen LogP contribution in [0.25, 0.3) is 0 Å². The predicted octanol–water partition coefficient (Wildman–Crippen LogP) is 22.4. The number of esters is 1. The standard InChI is InChI=1S/C70H137NO5/c1-3-5-7-9-11-13-15-17-18-19-29-32-35-39-42-46-50-54-58-62-68(73)67(66-72)71-69(74)63-59-55-51-47-43-40-36-33-30-27-25-23-21-20-22-24-26-28-31-34-37-41-45-49-53-57-61-65-76-70(75)64-60-56-52-48-44-38-16-14-12-10-8-6-4-2/h58,62,67-68,72-73H,3-57,59-61,63-66H2,1-2H3,(H,71,74)/b62-58+. The summed E-state index contributed by atoms with van der Waals surface area (Å²) in [7, 11) is 0. The van der Waals surface area contributed by atoms with Crippen LogP contribution >= 0.6 is 0 Å². The smallest absolute Gasteiger partial charge is 0.305 e. The molecule has 0 aromatic carbocycles. The Bertz CT molecular complexity index is 1140. The maximum absolute atomic E-state index is 12.5. The van der Waals surface area contributed by atoms with Gasteiger partial charge in [0, 0.05) is 12.8 Å². The number of nitrogens with one attached hydrogen (secondary N) is 1. The Morgan fingerprint density at radius 2 is 0.605 bits per heavy atom. The van der Waals surface area contributed by atoms with Crippen molar-refractivity contribution in [3.05, 3.63) is 12.2 Å². The maximum Gasteiger partial charge on any atom is 0.305 e. The molecule has 0 spiro atoms. The first-order chi connectivity index (χ1) is 37.5. The molecule has 76 heavy (non-hydrogen) atoms. The number of allylic oxidation sites excluding steroid dienone is 1. The summed E-state index contributed by atoms with van der Waals surface area (Å²) in [5.41, 5.74) is 0. The second-order valence-electron chi connectivity index (χ2n) is 24.2. The highest BCUT2D eigenvalue weighted by atomic mass is 16.5. The minimum absolute atomic E-state index is 0.0202. The van der Waals surface area contributed by atoms with E-state index in [1.165, 1.54) is 334 Å². The quantitative estimate of drug-likeness (QED) is 0.0320. The molecule has 0 heterocycles. The summed E-state index contributed by atoms with van der Waals surface area (Å²) in [5.74, 6) is -0.0410. The summed E-state index contributed by atoms with van der Waals surface area (Å²) in [5, 5.41) is 23.2. The van der Waals surface area contributed by atoms with E-state index < -0.39 is 12.1 Å². The number of rotatable bonds is 66. The third kappa shape index (κ3) is 61.8. The van der Waals surface area contributed by atoms with Crippen molar-refractivity contribution in [1.82, 2.24) is 5.32 Å². The molecule has 0 aromatic heterocycles. The molecular formula is C70H137NO5. The maximum atomic E-state index is 12.5. The molecule has 0 aliphatic rings. The molecule has 0 aliphatic carbocycles. The van der Waals surface area contributed by atoms with E-state index in [0.717, 1.165) is 38.5 Å². The minimum atomic E-state index is -0.842. The number of carbonyl (C=O) groups excluding carboxylic acids is 2. The first-order valence-corrected chi connectivity index (χ1v) is 35.0. The molecule has 0 bridgehead atoms. The van der Waals surface area contributed by atoms with Crippen LogP contribution in [0.15, 0.2) is 12.2 Å². The van der Waals surface area contributed by atoms with Crippen LogP contribution in [0.1, 0.15) is 399 Å². The molecule has 6 nitrogen and oxygen atoms in total.